The SMILES string of the molecule is CCC[C@@H](CN1CCC(c2ccccc2)C1(c1ccccc1)[PH](=O)O)NC(=O)OCc1ccccc1. The first-order chi connectivity index (χ1) is 17.6. The highest BCUT2D eigenvalue weighted by Crippen LogP contribution is 2.60. The smallest absolute Gasteiger partial charge is 0.407 e. The van der Waals surface area contributed by atoms with E-state index in [4.69, 9.17) is 4.74 Å². The quantitative estimate of drug-likeness (QED) is 0.335. The van der Waals surface area contributed by atoms with Crippen molar-refractivity contribution in [2.45, 2.75) is 50.0 Å². The molecule has 0 saturated carbocycles. The molecule has 1 fully saturated rings. The molecule has 1 aliphatic heterocycles. The maximum absolute atomic E-state index is 13.4. The number of nitrogens with zero attached hydrogens (tertiary/aromatic N) is 1. The van der Waals surface area contributed by atoms with E-state index in [1.165, 1.54) is 0 Å². The maximum Gasteiger partial charge on any atom is 0.407 e. The van der Waals surface area contributed by atoms with E-state index in [9.17, 15) is 14.3 Å². The van der Waals surface area contributed by atoms with Crippen LogP contribution in [0.2, 0.25) is 0 Å². The van der Waals surface area contributed by atoms with Crippen LogP contribution >= 0.6 is 8.03 Å². The number of carbonyl (C=O) groups is 1. The van der Waals surface area contributed by atoms with Crippen molar-refractivity contribution in [2.75, 3.05) is 13.1 Å². The van der Waals surface area contributed by atoms with Gasteiger partial charge in [-0.3, -0.25) is 9.46 Å². The molecule has 0 spiro atoms. The largest absolute Gasteiger partial charge is 0.445 e. The Morgan fingerprint density at radius 2 is 1.67 bits per heavy atom. The molecule has 4 rings (SSSR count). The van der Waals surface area contributed by atoms with Gasteiger partial charge in [-0.05, 0) is 29.5 Å². The molecule has 3 aromatic rings. The summed E-state index contributed by atoms with van der Waals surface area (Å²) in [5, 5.41) is 1.98. The number of nitrogens with one attached hydrogen (secondary N) is 1. The first-order valence-corrected chi connectivity index (χ1v) is 14.0. The number of likely N-dealkylation sites (tertiary alicyclic amines) is 1. The molecule has 0 bridgehead atoms. The van der Waals surface area contributed by atoms with Gasteiger partial charge in [0.2, 0.25) is 8.03 Å². The van der Waals surface area contributed by atoms with Gasteiger partial charge in [-0.25, -0.2) is 4.79 Å². The Morgan fingerprint density at radius 3 is 2.28 bits per heavy atom. The molecule has 7 heteroatoms. The highest BCUT2D eigenvalue weighted by atomic mass is 31.1. The lowest BCUT2D eigenvalue weighted by Crippen LogP contribution is -2.49. The van der Waals surface area contributed by atoms with Gasteiger partial charge in [-0.1, -0.05) is 104 Å². The number of benzene rings is 3. The molecule has 0 aromatic heterocycles. The van der Waals surface area contributed by atoms with E-state index in [0.29, 0.717) is 13.1 Å². The van der Waals surface area contributed by atoms with Crippen molar-refractivity contribution in [3.8, 4) is 0 Å². The summed E-state index contributed by atoms with van der Waals surface area (Å²) in [5.41, 5.74) is 2.81. The lowest BCUT2D eigenvalue weighted by molar-refractivity contribution is 0.124. The molecule has 1 saturated heterocycles. The van der Waals surface area contributed by atoms with Crippen LogP contribution in [0.1, 0.15) is 48.8 Å². The Hall–Kier alpha value is -2.92. The van der Waals surface area contributed by atoms with E-state index in [0.717, 1.165) is 36.0 Å². The topological polar surface area (TPSA) is 78.9 Å². The molecule has 2 N–H and O–H groups in total. The van der Waals surface area contributed by atoms with Gasteiger partial charge in [0, 0.05) is 25.0 Å². The van der Waals surface area contributed by atoms with Gasteiger partial charge >= 0.3 is 6.09 Å². The lowest BCUT2D eigenvalue weighted by Gasteiger charge is -2.42. The molecule has 36 heavy (non-hydrogen) atoms. The number of amides is 1. The van der Waals surface area contributed by atoms with Crippen LogP contribution in [0.15, 0.2) is 91.0 Å². The van der Waals surface area contributed by atoms with E-state index >= 15 is 0 Å². The van der Waals surface area contributed by atoms with Crippen LogP contribution in [0.5, 0.6) is 0 Å². The zero-order chi connectivity index (χ0) is 25.4. The van der Waals surface area contributed by atoms with Crippen LogP contribution in [0, 0.1) is 0 Å². The average molecular weight is 507 g/mol. The third-order valence-corrected chi connectivity index (χ3v) is 8.65. The molecule has 3 unspecified atom stereocenters. The van der Waals surface area contributed by atoms with Crippen molar-refractivity contribution in [1.29, 1.82) is 0 Å². The molecule has 0 aliphatic carbocycles. The molecule has 6 nitrogen and oxygen atoms in total. The Kier molecular flexibility index (Phi) is 8.98. The molecule has 4 atom stereocenters. The number of hydrogen-bond donors (Lipinski definition) is 2. The second-order valence-corrected chi connectivity index (χ2v) is 10.7. The summed E-state index contributed by atoms with van der Waals surface area (Å²) in [5.74, 6) is -0.134. The number of carbonyl (C=O) groups excluding carboxylic acids is 1. The molecule has 1 amide bonds. The second-order valence-electron chi connectivity index (χ2n) is 9.33. The summed E-state index contributed by atoms with van der Waals surface area (Å²) in [6, 6.07) is 29.0. The van der Waals surface area contributed by atoms with E-state index in [2.05, 4.69) is 17.1 Å². The number of hydrogen-bond acceptors (Lipinski definition) is 4. The predicted molar refractivity (Wildman–Crippen MR) is 143 cm³/mol. The third-order valence-electron chi connectivity index (χ3n) is 7.05. The first-order valence-electron chi connectivity index (χ1n) is 12.6. The van der Waals surface area contributed by atoms with Crippen LogP contribution in [0.25, 0.3) is 0 Å². The fraction of sp³-hybridized carbons (Fsp3) is 0.345. The standard InChI is InChI=1S/C29H35N2O4P/c1-2-12-26(30-28(32)35-22-23-13-6-3-7-14-23)21-31-20-19-27(24-15-8-4-9-16-24)29(31,36(33)34)25-17-10-5-11-18-25/h3-11,13-18,26-27,36H,2,12,19-22H2,1H3,(H,30,32)(H,33,34)/t26-,27?,29?/m0/s1. The van der Waals surface area contributed by atoms with Gasteiger partial charge in [-0.2, -0.15) is 0 Å². The Morgan fingerprint density at radius 1 is 1.06 bits per heavy atom. The molecule has 1 heterocycles. The summed E-state index contributed by atoms with van der Waals surface area (Å²) >= 11 is 0. The van der Waals surface area contributed by atoms with Crippen molar-refractivity contribution in [2.24, 2.45) is 0 Å². The van der Waals surface area contributed by atoms with Gasteiger partial charge in [0.05, 0.1) is 0 Å². The van der Waals surface area contributed by atoms with Crippen LogP contribution in [-0.4, -0.2) is 35.0 Å². The van der Waals surface area contributed by atoms with Gasteiger partial charge in [-0.15, -0.1) is 0 Å². The predicted octanol–water partition coefficient (Wildman–Crippen LogP) is 5.89. The molecule has 190 valence electrons. The Labute approximate surface area is 214 Å². The Bertz CT molecular complexity index is 1130. The maximum atomic E-state index is 13.4. The third kappa shape index (κ3) is 5.73. The van der Waals surface area contributed by atoms with Gasteiger partial charge in [0.15, 0.2) is 0 Å². The summed E-state index contributed by atoms with van der Waals surface area (Å²) in [6.07, 6.45) is 1.89. The minimum Gasteiger partial charge on any atom is -0.445 e. The van der Waals surface area contributed by atoms with Crippen LogP contribution in [0.4, 0.5) is 4.79 Å². The van der Waals surface area contributed by atoms with Crippen LogP contribution in [0.3, 0.4) is 0 Å². The monoisotopic (exact) mass is 506 g/mol. The van der Waals surface area contributed by atoms with E-state index in [1.807, 2.05) is 91.0 Å². The van der Waals surface area contributed by atoms with E-state index in [-0.39, 0.29) is 18.6 Å². The number of rotatable bonds is 10. The van der Waals surface area contributed by atoms with Gasteiger partial charge < -0.3 is 14.9 Å². The molecule has 1 aliphatic rings. The zero-order valence-electron chi connectivity index (χ0n) is 20.7. The fourth-order valence-corrected chi connectivity index (χ4v) is 6.95. The highest BCUT2D eigenvalue weighted by molar-refractivity contribution is 7.39. The Balaban J connectivity index is 1.58. The first kappa shape index (κ1) is 26.2. The zero-order valence-corrected chi connectivity index (χ0v) is 21.7. The van der Waals surface area contributed by atoms with Gasteiger partial charge in [0.1, 0.15) is 11.9 Å². The molecular weight excluding hydrogens is 471 g/mol. The summed E-state index contributed by atoms with van der Waals surface area (Å²) < 4.78 is 18.8. The molecular formula is C29H35N2O4P. The summed E-state index contributed by atoms with van der Waals surface area (Å²) in [6.45, 7) is 3.39. The van der Waals surface area contributed by atoms with E-state index < -0.39 is 19.4 Å². The summed E-state index contributed by atoms with van der Waals surface area (Å²) in [7, 11) is -3.07. The lowest BCUT2D eigenvalue weighted by atomic mass is 9.86. The molecule has 3 aromatic carbocycles. The molecule has 0 radical (unpaired) electrons. The van der Waals surface area contributed by atoms with Crippen molar-refractivity contribution in [3.63, 3.8) is 0 Å². The summed E-state index contributed by atoms with van der Waals surface area (Å²) in [4.78, 5) is 25.8. The van der Waals surface area contributed by atoms with Crippen molar-refractivity contribution < 1.29 is 19.0 Å². The average Bonchev–Trinajstić information content (AvgIpc) is 3.29. The normalized spacial score (nSPS) is 21.6. The number of ether oxygens (including phenoxy) is 1. The minimum absolute atomic E-state index is 0.134. The second kappa shape index (κ2) is 12.4. The van der Waals surface area contributed by atoms with Crippen LogP contribution in [-0.2, 0) is 21.2 Å². The highest BCUT2D eigenvalue weighted by Gasteiger charge is 2.54. The number of alkyl carbamates (subject to hydrolysis) is 1. The fourth-order valence-electron chi connectivity index (χ4n) is 5.46. The van der Waals surface area contributed by atoms with Crippen LogP contribution < -0.4 is 5.32 Å². The van der Waals surface area contributed by atoms with E-state index in [1.54, 1.807) is 0 Å². The van der Waals surface area contributed by atoms with Crippen molar-refractivity contribution in [1.82, 2.24) is 10.2 Å². The van der Waals surface area contributed by atoms with Gasteiger partial charge in [0.25, 0.3) is 0 Å². The van der Waals surface area contributed by atoms with Crippen molar-refractivity contribution >= 4 is 14.1 Å². The minimum atomic E-state index is -3.07. The van der Waals surface area contributed by atoms with Crippen molar-refractivity contribution in [3.05, 3.63) is 108 Å².